The second-order valence-electron chi connectivity index (χ2n) is 3.51. The van der Waals surface area contributed by atoms with E-state index < -0.39 is 5.97 Å². The Balaban J connectivity index is 2.36. The van der Waals surface area contributed by atoms with Crippen molar-refractivity contribution in [1.82, 2.24) is 9.55 Å². The van der Waals surface area contributed by atoms with Gasteiger partial charge in [-0.25, -0.2) is 4.79 Å². The van der Waals surface area contributed by atoms with Crippen molar-refractivity contribution in [3.63, 3.8) is 0 Å². The van der Waals surface area contributed by atoms with Crippen LogP contribution in [0.25, 0.3) is 0 Å². The third kappa shape index (κ3) is 2.57. The molecule has 1 N–H and O–H groups in total. The van der Waals surface area contributed by atoms with Gasteiger partial charge in [0.15, 0.2) is 0 Å². The number of aromatic carboxylic acids is 1. The fraction of sp³-hybridized carbons (Fsp3) is 0.0833. The Morgan fingerprint density at radius 3 is 2.76 bits per heavy atom. The summed E-state index contributed by atoms with van der Waals surface area (Å²) < 4.78 is 1.33. The average molecular weight is 230 g/mol. The predicted octanol–water partition coefficient (Wildman–Crippen LogP) is 0.990. The first-order chi connectivity index (χ1) is 8.16. The number of carbonyl (C=O) groups is 1. The van der Waals surface area contributed by atoms with E-state index in [0.717, 1.165) is 0 Å². The fourth-order valence-electron chi connectivity index (χ4n) is 1.45. The highest BCUT2D eigenvalue weighted by atomic mass is 16.4. The minimum absolute atomic E-state index is 0.0838. The van der Waals surface area contributed by atoms with Gasteiger partial charge in [-0.2, -0.15) is 0 Å². The van der Waals surface area contributed by atoms with Gasteiger partial charge in [0, 0.05) is 18.5 Å². The summed E-state index contributed by atoms with van der Waals surface area (Å²) in [5.74, 6) is -1.06. The summed E-state index contributed by atoms with van der Waals surface area (Å²) >= 11 is 0. The van der Waals surface area contributed by atoms with Crippen LogP contribution in [0, 0.1) is 0 Å². The first-order valence-electron chi connectivity index (χ1n) is 5.00. The molecule has 0 saturated carbocycles. The maximum absolute atomic E-state index is 11.5. The summed E-state index contributed by atoms with van der Waals surface area (Å²) in [4.78, 5) is 26.4. The molecule has 86 valence electrons. The highest BCUT2D eigenvalue weighted by Gasteiger charge is 2.05. The minimum atomic E-state index is -1.06. The van der Waals surface area contributed by atoms with Gasteiger partial charge in [0.2, 0.25) is 0 Å². The summed E-state index contributed by atoms with van der Waals surface area (Å²) in [6, 6.07) is 7.90. The van der Waals surface area contributed by atoms with E-state index in [0.29, 0.717) is 5.69 Å². The van der Waals surface area contributed by atoms with Crippen LogP contribution in [0.5, 0.6) is 0 Å². The summed E-state index contributed by atoms with van der Waals surface area (Å²) in [5, 5.41) is 8.84. The molecule has 0 aromatic carbocycles. The lowest BCUT2D eigenvalue weighted by molar-refractivity contribution is 0.0696. The van der Waals surface area contributed by atoms with Crippen molar-refractivity contribution < 1.29 is 9.90 Å². The van der Waals surface area contributed by atoms with Crippen molar-refractivity contribution in [3.8, 4) is 0 Å². The first kappa shape index (κ1) is 11.1. The first-order valence-corrected chi connectivity index (χ1v) is 5.00. The summed E-state index contributed by atoms with van der Waals surface area (Å²) in [6.45, 7) is 0.265. The molecule has 17 heavy (non-hydrogen) atoms. The maximum Gasteiger partial charge on any atom is 0.337 e. The average Bonchev–Trinajstić information content (AvgIpc) is 2.33. The molecule has 0 amide bonds. The number of hydrogen-bond acceptors (Lipinski definition) is 3. The van der Waals surface area contributed by atoms with E-state index in [1.165, 1.54) is 22.9 Å². The Labute approximate surface area is 97.0 Å². The second-order valence-corrected chi connectivity index (χ2v) is 3.51. The molecular formula is C12H10N2O3. The molecule has 0 unspecified atom stereocenters. The van der Waals surface area contributed by atoms with Gasteiger partial charge in [0.05, 0.1) is 17.8 Å². The minimum Gasteiger partial charge on any atom is -0.478 e. The molecule has 2 rings (SSSR count). The van der Waals surface area contributed by atoms with Gasteiger partial charge < -0.3 is 9.67 Å². The van der Waals surface area contributed by atoms with Crippen molar-refractivity contribution in [2.75, 3.05) is 0 Å². The SMILES string of the molecule is O=C(O)c1ccc(=O)n(Cc2ccccn2)c1. The number of carboxylic acid groups (broad SMARTS) is 1. The molecule has 0 fully saturated rings. The Kier molecular flexibility index (Phi) is 3.00. The summed E-state index contributed by atoms with van der Waals surface area (Å²) in [7, 11) is 0. The second kappa shape index (κ2) is 4.61. The van der Waals surface area contributed by atoms with Crippen LogP contribution in [-0.4, -0.2) is 20.6 Å². The van der Waals surface area contributed by atoms with Crippen LogP contribution >= 0.6 is 0 Å². The molecule has 0 aliphatic carbocycles. The van der Waals surface area contributed by atoms with E-state index >= 15 is 0 Å². The van der Waals surface area contributed by atoms with Gasteiger partial charge in [-0.3, -0.25) is 9.78 Å². The van der Waals surface area contributed by atoms with Crippen LogP contribution in [0.1, 0.15) is 16.1 Å². The number of aromatic nitrogens is 2. The van der Waals surface area contributed by atoms with E-state index in [9.17, 15) is 9.59 Å². The lowest BCUT2D eigenvalue weighted by Gasteiger charge is -2.05. The molecule has 0 spiro atoms. The van der Waals surface area contributed by atoms with Crippen LogP contribution in [0.15, 0.2) is 47.5 Å². The Bertz CT molecular complexity index is 590. The van der Waals surface area contributed by atoms with Crippen molar-refractivity contribution >= 4 is 5.97 Å². The third-order valence-corrected chi connectivity index (χ3v) is 2.29. The lowest BCUT2D eigenvalue weighted by Crippen LogP contribution is -2.21. The van der Waals surface area contributed by atoms with Gasteiger partial charge in [0.25, 0.3) is 5.56 Å². The number of carboxylic acids is 1. The Hall–Kier alpha value is -2.43. The monoisotopic (exact) mass is 230 g/mol. The number of hydrogen-bond donors (Lipinski definition) is 1. The normalized spacial score (nSPS) is 10.1. The maximum atomic E-state index is 11.5. The highest BCUT2D eigenvalue weighted by molar-refractivity contribution is 5.87. The zero-order chi connectivity index (χ0) is 12.3. The number of pyridine rings is 2. The topological polar surface area (TPSA) is 72.2 Å². The van der Waals surface area contributed by atoms with E-state index in [-0.39, 0.29) is 17.7 Å². The molecule has 0 atom stereocenters. The number of rotatable bonds is 3. The zero-order valence-electron chi connectivity index (χ0n) is 8.91. The van der Waals surface area contributed by atoms with E-state index in [1.54, 1.807) is 18.3 Å². The quantitative estimate of drug-likeness (QED) is 0.853. The molecule has 0 aliphatic heterocycles. The lowest BCUT2D eigenvalue weighted by atomic mass is 10.3. The van der Waals surface area contributed by atoms with Gasteiger partial charge in [-0.05, 0) is 18.2 Å². The molecular weight excluding hydrogens is 220 g/mol. The van der Waals surface area contributed by atoms with Crippen LogP contribution in [0.4, 0.5) is 0 Å². The standard InChI is InChI=1S/C12H10N2O3/c15-11-5-4-9(12(16)17)7-14(11)8-10-3-1-2-6-13-10/h1-7H,8H2,(H,16,17). The van der Waals surface area contributed by atoms with E-state index in [2.05, 4.69) is 4.98 Å². The summed E-state index contributed by atoms with van der Waals surface area (Å²) in [5.41, 5.74) is 0.540. The van der Waals surface area contributed by atoms with Crippen molar-refractivity contribution in [2.45, 2.75) is 6.54 Å². The van der Waals surface area contributed by atoms with Crippen molar-refractivity contribution in [1.29, 1.82) is 0 Å². The van der Waals surface area contributed by atoms with Gasteiger partial charge in [0.1, 0.15) is 0 Å². The fourth-order valence-corrected chi connectivity index (χ4v) is 1.45. The van der Waals surface area contributed by atoms with Gasteiger partial charge in [-0.1, -0.05) is 6.07 Å². The van der Waals surface area contributed by atoms with Crippen LogP contribution < -0.4 is 5.56 Å². The van der Waals surface area contributed by atoms with Crippen molar-refractivity contribution in [2.24, 2.45) is 0 Å². The Morgan fingerprint density at radius 1 is 1.29 bits per heavy atom. The van der Waals surface area contributed by atoms with Gasteiger partial charge >= 0.3 is 5.97 Å². The summed E-state index contributed by atoms with van der Waals surface area (Å²) in [6.07, 6.45) is 2.95. The van der Waals surface area contributed by atoms with E-state index in [4.69, 9.17) is 5.11 Å². The largest absolute Gasteiger partial charge is 0.478 e. The molecule has 5 nitrogen and oxygen atoms in total. The molecule has 2 heterocycles. The van der Waals surface area contributed by atoms with Gasteiger partial charge in [-0.15, -0.1) is 0 Å². The van der Waals surface area contributed by atoms with Crippen molar-refractivity contribution in [3.05, 3.63) is 64.3 Å². The highest BCUT2D eigenvalue weighted by Crippen LogP contribution is 1.99. The number of nitrogens with zero attached hydrogens (tertiary/aromatic N) is 2. The molecule has 0 aliphatic rings. The molecule has 0 bridgehead atoms. The molecule has 0 saturated heterocycles. The smallest absolute Gasteiger partial charge is 0.337 e. The zero-order valence-corrected chi connectivity index (χ0v) is 8.91. The molecule has 2 aromatic heterocycles. The van der Waals surface area contributed by atoms with Crippen LogP contribution in [0.3, 0.4) is 0 Å². The Morgan fingerprint density at radius 2 is 2.12 bits per heavy atom. The van der Waals surface area contributed by atoms with Crippen LogP contribution in [0.2, 0.25) is 0 Å². The third-order valence-electron chi connectivity index (χ3n) is 2.29. The predicted molar refractivity (Wildman–Crippen MR) is 61.0 cm³/mol. The van der Waals surface area contributed by atoms with E-state index in [1.807, 2.05) is 6.07 Å². The molecule has 5 heteroatoms. The molecule has 0 radical (unpaired) electrons. The van der Waals surface area contributed by atoms with Crippen LogP contribution in [-0.2, 0) is 6.54 Å². The molecule has 2 aromatic rings.